The van der Waals surface area contributed by atoms with Crippen molar-refractivity contribution in [3.63, 3.8) is 0 Å². The number of carbonyl (C=O) groups excluding carboxylic acids is 2. The van der Waals surface area contributed by atoms with E-state index < -0.39 is 5.41 Å². The van der Waals surface area contributed by atoms with Crippen LogP contribution in [0, 0.1) is 5.41 Å². The van der Waals surface area contributed by atoms with E-state index in [1.54, 1.807) is 39.0 Å². The summed E-state index contributed by atoms with van der Waals surface area (Å²) in [6.45, 7) is 5.74. The predicted molar refractivity (Wildman–Crippen MR) is 105 cm³/mol. The Bertz CT molecular complexity index is 791. The Hall–Kier alpha value is -2.59. The van der Waals surface area contributed by atoms with Gasteiger partial charge < -0.3 is 10.6 Å². The highest BCUT2D eigenvalue weighted by Crippen LogP contribution is 2.15. The zero-order valence-corrected chi connectivity index (χ0v) is 15.9. The van der Waals surface area contributed by atoms with Crippen LogP contribution >= 0.6 is 11.6 Å². The van der Waals surface area contributed by atoms with Crippen LogP contribution in [0.15, 0.2) is 60.3 Å². The number of hydrogen-bond acceptors (Lipinski definition) is 2. The molecule has 0 aliphatic rings. The first kappa shape index (κ1) is 19.7. The van der Waals surface area contributed by atoms with Gasteiger partial charge in [0.05, 0.1) is 0 Å². The fraction of sp³-hybridized carbons (Fsp3) is 0.238. The molecule has 0 radical (unpaired) electrons. The molecule has 0 saturated carbocycles. The first-order valence-electron chi connectivity index (χ1n) is 8.36. The Morgan fingerprint density at radius 2 is 1.62 bits per heavy atom. The molecule has 0 aliphatic heterocycles. The summed E-state index contributed by atoms with van der Waals surface area (Å²) in [7, 11) is 0. The molecule has 0 bridgehead atoms. The third-order valence-electron chi connectivity index (χ3n) is 3.65. The zero-order chi connectivity index (χ0) is 19.2. The smallest absolute Gasteiger partial charge is 0.268 e. The van der Waals surface area contributed by atoms with Gasteiger partial charge in [0.2, 0.25) is 5.91 Å². The highest BCUT2D eigenvalue weighted by Gasteiger charge is 2.24. The van der Waals surface area contributed by atoms with Crippen LogP contribution in [0.1, 0.15) is 31.9 Å². The summed E-state index contributed by atoms with van der Waals surface area (Å²) < 4.78 is 0. The van der Waals surface area contributed by atoms with Crippen LogP contribution in [0.3, 0.4) is 0 Å². The van der Waals surface area contributed by atoms with Crippen LogP contribution < -0.4 is 10.6 Å². The van der Waals surface area contributed by atoms with Gasteiger partial charge in [0.15, 0.2) is 0 Å². The molecule has 5 heteroatoms. The van der Waals surface area contributed by atoms with Gasteiger partial charge in [-0.1, -0.05) is 74.8 Å². The number of nitrogens with one attached hydrogen (secondary N) is 2. The standard InChI is InChI=1S/C21H23ClN2O2/c1-21(2,3)20(26)24-18(13-15-7-5-4-6-8-15)19(25)23-14-16-9-11-17(22)12-10-16/h4-13H,14H2,1-3H3,(H,23,25)(H,24,26)/b18-13-. The molecule has 0 atom stereocenters. The lowest BCUT2D eigenvalue weighted by atomic mass is 9.95. The molecule has 2 rings (SSSR count). The minimum atomic E-state index is -0.605. The van der Waals surface area contributed by atoms with Crippen LogP contribution in [0.4, 0.5) is 0 Å². The predicted octanol–water partition coefficient (Wildman–Crippen LogP) is 4.16. The molecular formula is C21H23ClN2O2. The first-order chi connectivity index (χ1) is 12.3. The quantitative estimate of drug-likeness (QED) is 0.776. The van der Waals surface area contributed by atoms with Crippen molar-refractivity contribution < 1.29 is 9.59 Å². The minimum absolute atomic E-state index is 0.213. The van der Waals surface area contributed by atoms with Crippen molar-refractivity contribution in [2.75, 3.05) is 0 Å². The Labute approximate surface area is 159 Å². The largest absolute Gasteiger partial charge is 0.347 e. The summed E-state index contributed by atoms with van der Waals surface area (Å²) in [5.41, 5.74) is 1.36. The van der Waals surface area contributed by atoms with E-state index in [4.69, 9.17) is 11.6 Å². The van der Waals surface area contributed by atoms with Crippen molar-refractivity contribution >= 4 is 29.5 Å². The van der Waals surface area contributed by atoms with Crippen molar-refractivity contribution in [2.45, 2.75) is 27.3 Å². The molecule has 0 aliphatic carbocycles. The maximum absolute atomic E-state index is 12.6. The SMILES string of the molecule is CC(C)(C)C(=O)N/C(=C\c1ccccc1)C(=O)NCc1ccc(Cl)cc1. The van der Waals surface area contributed by atoms with Crippen LogP contribution in [0.2, 0.25) is 5.02 Å². The van der Waals surface area contributed by atoms with E-state index >= 15 is 0 Å². The lowest BCUT2D eigenvalue weighted by Gasteiger charge is -2.19. The number of amides is 2. The van der Waals surface area contributed by atoms with E-state index in [0.717, 1.165) is 11.1 Å². The second-order valence-electron chi connectivity index (χ2n) is 6.98. The Balaban J connectivity index is 2.16. The highest BCUT2D eigenvalue weighted by atomic mass is 35.5. The lowest BCUT2D eigenvalue weighted by molar-refractivity contribution is -0.129. The van der Waals surface area contributed by atoms with Gasteiger partial charge in [-0.05, 0) is 29.3 Å². The summed E-state index contributed by atoms with van der Waals surface area (Å²) in [5.74, 6) is -0.567. The first-order valence-corrected chi connectivity index (χ1v) is 8.74. The van der Waals surface area contributed by atoms with E-state index in [0.29, 0.717) is 11.6 Å². The number of hydrogen-bond donors (Lipinski definition) is 2. The van der Waals surface area contributed by atoms with E-state index in [2.05, 4.69) is 10.6 Å². The van der Waals surface area contributed by atoms with E-state index in [1.165, 1.54) is 0 Å². The van der Waals surface area contributed by atoms with Crippen molar-refractivity contribution in [3.05, 3.63) is 76.4 Å². The monoisotopic (exact) mass is 370 g/mol. The van der Waals surface area contributed by atoms with Crippen molar-refractivity contribution in [1.82, 2.24) is 10.6 Å². The molecule has 2 aromatic rings. The molecule has 4 nitrogen and oxygen atoms in total. The van der Waals surface area contributed by atoms with Gasteiger partial charge in [0.1, 0.15) is 5.70 Å². The Kier molecular flexibility index (Phi) is 6.58. The normalized spacial score (nSPS) is 11.8. The van der Waals surface area contributed by atoms with Crippen LogP contribution in [0.25, 0.3) is 6.08 Å². The van der Waals surface area contributed by atoms with Gasteiger partial charge >= 0.3 is 0 Å². The number of halogens is 1. The average molecular weight is 371 g/mol. The highest BCUT2D eigenvalue weighted by molar-refractivity contribution is 6.30. The third kappa shape index (κ3) is 6.05. The van der Waals surface area contributed by atoms with E-state index in [1.807, 2.05) is 42.5 Å². The van der Waals surface area contributed by atoms with E-state index in [9.17, 15) is 9.59 Å². The summed E-state index contributed by atoms with van der Waals surface area (Å²) in [6.07, 6.45) is 1.67. The molecule has 0 heterocycles. The van der Waals surface area contributed by atoms with Gasteiger partial charge in [-0.3, -0.25) is 9.59 Å². The molecule has 0 saturated heterocycles. The maximum atomic E-state index is 12.6. The molecular weight excluding hydrogens is 348 g/mol. The molecule has 0 aromatic heterocycles. The molecule has 2 N–H and O–H groups in total. The second-order valence-corrected chi connectivity index (χ2v) is 7.42. The summed E-state index contributed by atoms with van der Waals surface area (Å²) >= 11 is 5.87. The minimum Gasteiger partial charge on any atom is -0.347 e. The molecule has 0 spiro atoms. The Morgan fingerprint density at radius 3 is 2.19 bits per heavy atom. The number of rotatable bonds is 5. The summed E-state index contributed by atoms with van der Waals surface area (Å²) in [5, 5.41) is 6.21. The van der Waals surface area contributed by atoms with Gasteiger partial charge in [0.25, 0.3) is 5.91 Å². The zero-order valence-electron chi connectivity index (χ0n) is 15.2. The number of carbonyl (C=O) groups is 2. The topological polar surface area (TPSA) is 58.2 Å². The molecule has 0 fully saturated rings. The average Bonchev–Trinajstić information content (AvgIpc) is 2.60. The molecule has 0 unspecified atom stereocenters. The molecule has 2 amide bonds. The van der Waals surface area contributed by atoms with Gasteiger partial charge in [-0.25, -0.2) is 0 Å². The van der Waals surface area contributed by atoms with Crippen LogP contribution in [-0.2, 0) is 16.1 Å². The lowest BCUT2D eigenvalue weighted by Crippen LogP contribution is -2.39. The Morgan fingerprint density at radius 1 is 1.00 bits per heavy atom. The summed E-state index contributed by atoms with van der Waals surface area (Å²) in [4.78, 5) is 25.0. The maximum Gasteiger partial charge on any atom is 0.268 e. The second kappa shape index (κ2) is 8.68. The van der Waals surface area contributed by atoms with Crippen molar-refractivity contribution in [1.29, 1.82) is 0 Å². The summed E-state index contributed by atoms with van der Waals surface area (Å²) in [6, 6.07) is 16.6. The third-order valence-corrected chi connectivity index (χ3v) is 3.90. The van der Waals surface area contributed by atoms with Gasteiger partial charge in [0, 0.05) is 17.0 Å². The molecule has 2 aromatic carbocycles. The number of benzene rings is 2. The molecule has 26 heavy (non-hydrogen) atoms. The molecule has 136 valence electrons. The van der Waals surface area contributed by atoms with Crippen molar-refractivity contribution in [3.8, 4) is 0 Å². The van der Waals surface area contributed by atoms with E-state index in [-0.39, 0.29) is 17.5 Å². The van der Waals surface area contributed by atoms with Crippen molar-refractivity contribution in [2.24, 2.45) is 5.41 Å². The fourth-order valence-electron chi connectivity index (χ4n) is 2.06. The van der Waals surface area contributed by atoms with Gasteiger partial charge in [-0.2, -0.15) is 0 Å². The van der Waals surface area contributed by atoms with Crippen LogP contribution in [0.5, 0.6) is 0 Å². The van der Waals surface area contributed by atoms with Crippen LogP contribution in [-0.4, -0.2) is 11.8 Å². The van der Waals surface area contributed by atoms with Gasteiger partial charge in [-0.15, -0.1) is 0 Å². The fourth-order valence-corrected chi connectivity index (χ4v) is 2.19.